The predicted molar refractivity (Wildman–Crippen MR) is 64.1 cm³/mol. The zero-order valence-corrected chi connectivity index (χ0v) is 10.9. The van der Waals surface area contributed by atoms with Crippen molar-refractivity contribution in [3.63, 3.8) is 0 Å². The maximum Gasteiger partial charge on any atom is 0.306 e. The molecule has 0 aromatic heterocycles. The smallest absolute Gasteiger partial charge is 0.306 e. The third-order valence-corrected chi connectivity index (χ3v) is 3.05. The third-order valence-electron chi connectivity index (χ3n) is 1.88. The summed E-state index contributed by atoms with van der Waals surface area (Å²) in [6.45, 7) is 7.85. The minimum atomic E-state index is -0.614. The number of hydrogen-bond acceptors (Lipinski definition) is 4. The molecule has 0 radical (unpaired) electrons. The molecule has 15 heavy (non-hydrogen) atoms. The van der Waals surface area contributed by atoms with Crippen LogP contribution in [0.2, 0.25) is 0 Å². The van der Waals surface area contributed by atoms with Crippen molar-refractivity contribution in [3.05, 3.63) is 0 Å². The zero-order chi connectivity index (χ0) is 11.9. The van der Waals surface area contributed by atoms with Crippen molar-refractivity contribution < 1.29 is 14.6 Å². The summed E-state index contributed by atoms with van der Waals surface area (Å²) in [5.41, 5.74) is -0.614. The maximum atomic E-state index is 11.1. The Morgan fingerprint density at radius 1 is 1.53 bits per heavy atom. The van der Waals surface area contributed by atoms with Crippen molar-refractivity contribution in [2.24, 2.45) is 0 Å². The van der Waals surface area contributed by atoms with Gasteiger partial charge < -0.3 is 9.84 Å². The Kier molecular flexibility index (Phi) is 7.02. The highest BCUT2D eigenvalue weighted by molar-refractivity contribution is 7.99. The SMILES string of the molecule is CCOC(=O)CC(C)SCCC(C)(C)O. The molecule has 0 amide bonds. The van der Waals surface area contributed by atoms with Crippen LogP contribution in [0.5, 0.6) is 0 Å². The minimum absolute atomic E-state index is 0.138. The highest BCUT2D eigenvalue weighted by atomic mass is 32.2. The normalized spacial score (nSPS) is 13.7. The van der Waals surface area contributed by atoms with Crippen molar-refractivity contribution in [2.75, 3.05) is 12.4 Å². The van der Waals surface area contributed by atoms with Crippen LogP contribution in [0.25, 0.3) is 0 Å². The van der Waals surface area contributed by atoms with E-state index in [1.165, 1.54) is 0 Å². The van der Waals surface area contributed by atoms with E-state index in [4.69, 9.17) is 4.74 Å². The largest absolute Gasteiger partial charge is 0.466 e. The van der Waals surface area contributed by atoms with Crippen LogP contribution < -0.4 is 0 Å². The molecule has 0 aliphatic heterocycles. The lowest BCUT2D eigenvalue weighted by Gasteiger charge is -2.17. The molecule has 1 atom stereocenters. The number of esters is 1. The van der Waals surface area contributed by atoms with Crippen LogP contribution in [0.3, 0.4) is 0 Å². The predicted octanol–water partition coefficient (Wildman–Crippen LogP) is 2.22. The fourth-order valence-corrected chi connectivity index (χ4v) is 2.30. The van der Waals surface area contributed by atoms with Gasteiger partial charge in [-0.2, -0.15) is 11.8 Å². The van der Waals surface area contributed by atoms with Gasteiger partial charge in [-0.15, -0.1) is 0 Å². The topological polar surface area (TPSA) is 46.5 Å². The molecule has 1 N–H and O–H groups in total. The van der Waals surface area contributed by atoms with Crippen molar-refractivity contribution in [2.45, 2.75) is 51.4 Å². The average molecular weight is 234 g/mol. The van der Waals surface area contributed by atoms with E-state index in [1.807, 2.05) is 13.8 Å². The summed E-state index contributed by atoms with van der Waals surface area (Å²) in [4.78, 5) is 11.1. The monoisotopic (exact) mass is 234 g/mol. The van der Waals surface area contributed by atoms with Crippen molar-refractivity contribution in [1.82, 2.24) is 0 Å². The molecule has 0 saturated heterocycles. The van der Waals surface area contributed by atoms with E-state index in [2.05, 4.69) is 0 Å². The molecule has 0 spiro atoms. The summed E-state index contributed by atoms with van der Waals surface area (Å²) in [7, 11) is 0. The summed E-state index contributed by atoms with van der Waals surface area (Å²) in [6.07, 6.45) is 1.19. The lowest BCUT2D eigenvalue weighted by Crippen LogP contribution is -2.20. The average Bonchev–Trinajstić information content (AvgIpc) is 2.01. The molecule has 3 nitrogen and oxygen atoms in total. The van der Waals surface area contributed by atoms with Crippen molar-refractivity contribution >= 4 is 17.7 Å². The number of hydrogen-bond donors (Lipinski definition) is 1. The Hall–Kier alpha value is -0.220. The molecule has 0 rings (SSSR count). The summed E-state index contributed by atoms with van der Waals surface area (Å²) in [6, 6.07) is 0. The van der Waals surface area contributed by atoms with Gasteiger partial charge in [0.15, 0.2) is 0 Å². The van der Waals surface area contributed by atoms with Crippen LogP contribution in [0, 0.1) is 0 Å². The van der Waals surface area contributed by atoms with Gasteiger partial charge in [-0.05, 0) is 32.9 Å². The first-order valence-corrected chi connectivity index (χ1v) is 6.39. The summed E-state index contributed by atoms with van der Waals surface area (Å²) in [5, 5.41) is 9.75. The Balaban J connectivity index is 3.57. The number of ether oxygens (including phenoxy) is 1. The second kappa shape index (κ2) is 7.12. The van der Waals surface area contributed by atoms with E-state index in [1.54, 1.807) is 25.6 Å². The third kappa shape index (κ3) is 10.1. The van der Waals surface area contributed by atoms with Gasteiger partial charge in [-0.25, -0.2) is 0 Å². The molecule has 0 aromatic carbocycles. The molecule has 90 valence electrons. The molecule has 4 heteroatoms. The number of carbonyl (C=O) groups is 1. The molecule has 0 aromatic rings. The standard InChI is InChI=1S/C11H22O3S/c1-5-14-10(12)8-9(2)15-7-6-11(3,4)13/h9,13H,5-8H2,1-4H3. The van der Waals surface area contributed by atoms with Crippen LogP contribution in [0.1, 0.15) is 40.5 Å². The van der Waals surface area contributed by atoms with E-state index in [9.17, 15) is 9.90 Å². The van der Waals surface area contributed by atoms with Gasteiger partial charge in [0, 0.05) is 5.25 Å². The van der Waals surface area contributed by atoms with Gasteiger partial charge in [0.05, 0.1) is 18.6 Å². The second-order valence-corrected chi connectivity index (χ2v) is 5.80. The maximum absolute atomic E-state index is 11.1. The van der Waals surface area contributed by atoms with Gasteiger partial charge in [-0.1, -0.05) is 6.92 Å². The fraction of sp³-hybridized carbons (Fsp3) is 0.909. The number of rotatable bonds is 7. The van der Waals surface area contributed by atoms with Crippen molar-refractivity contribution in [3.8, 4) is 0 Å². The van der Waals surface area contributed by atoms with Crippen LogP contribution in [0.15, 0.2) is 0 Å². The summed E-state index contributed by atoms with van der Waals surface area (Å²) >= 11 is 1.70. The quantitative estimate of drug-likeness (QED) is 0.686. The van der Waals surface area contributed by atoms with Crippen LogP contribution >= 0.6 is 11.8 Å². The molecule has 0 bridgehead atoms. The molecule has 0 aliphatic rings. The second-order valence-electron chi connectivity index (χ2n) is 4.25. The molecular formula is C11H22O3S. The first-order valence-electron chi connectivity index (χ1n) is 5.34. The van der Waals surface area contributed by atoms with Crippen LogP contribution in [0.4, 0.5) is 0 Å². The van der Waals surface area contributed by atoms with Gasteiger partial charge in [0.2, 0.25) is 0 Å². The first-order chi connectivity index (χ1) is 6.85. The summed E-state index contributed by atoms with van der Waals surface area (Å²) in [5.74, 6) is 0.727. The van der Waals surface area contributed by atoms with Crippen LogP contribution in [-0.2, 0) is 9.53 Å². The van der Waals surface area contributed by atoms with E-state index >= 15 is 0 Å². The molecular weight excluding hydrogens is 212 g/mol. The number of aliphatic hydroxyl groups is 1. The lowest BCUT2D eigenvalue weighted by atomic mass is 10.1. The zero-order valence-electron chi connectivity index (χ0n) is 10.1. The Labute approximate surface area is 96.6 Å². The Morgan fingerprint density at radius 3 is 2.60 bits per heavy atom. The number of thioether (sulfide) groups is 1. The molecule has 0 aliphatic carbocycles. The van der Waals surface area contributed by atoms with E-state index in [-0.39, 0.29) is 11.2 Å². The van der Waals surface area contributed by atoms with Gasteiger partial charge in [-0.3, -0.25) is 4.79 Å². The lowest BCUT2D eigenvalue weighted by molar-refractivity contribution is -0.142. The van der Waals surface area contributed by atoms with Gasteiger partial charge in [0.25, 0.3) is 0 Å². The minimum Gasteiger partial charge on any atom is -0.466 e. The Morgan fingerprint density at radius 2 is 2.13 bits per heavy atom. The first kappa shape index (κ1) is 14.8. The van der Waals surface area contributed by atoms with Crippen molar-refractivity contribution in [1.29, 1.82) is 0 Å². The highest BCUT2D eigenvalue weighted by Gasteiger charge is 2.14. The van der Waals surface area contributed by atoms with E-state index < -0.39 is 5.60 Å². The fourth-order valence-electron chi connectivity index (χ4n) is 1.02. The van der Waals surface area contributed by atoms with E-state index in [0.29, 0.717) is 13.0 Å². The van der Waals surface area contributed by atoms with E-state index in [0.717, 1.165) is 12.2 Å². The molecule has 1 unspecified atom stereocenters. The number of carbonyl (C=O) groups excluding carboxylic acids is 1. The van der Waals surface area contributed by atoms with Crippen LogP contribution in [-0.4, -0.2) is 34.3 Å². The Bertz CT molecular complexity index is 187. The molecule has 0 heterocycles. The molecule has 0 saturated carbocycles. The van der Waals surface area contributed by atoms with Gasteiger partial charge in [0.1, 0.15) is 0 Å². The highest BCUT2D eigenvalue weighted by Crippen LogP contribution is 2.19. The van der Waals surface area contributed by atoms with Gasteiger partial charge >= 0.3 is 5.97 Å². The summed E-state index contributed by atoms with van der Waals surface area (Å²) < 4.78 is 4.86. The molecule has 0 fully saturated rings.